The van der Waals surface area contributed by atoms with E-state index in [9.17, 15) is 0 Å². The minimum atomic E-state index is 0.716. The molecular formula is C9H14O. The van der Waals surface area contributed by atoms with Crippen LogP contribution in [0.4, 0.5) is 0 Å². The molecule has 2 aliphatic carbocycles. The molecule has 1 nitrogen and oxygen atoms in total. The molecule has 0 radical (unpaired) electrons. The summed E-state index contributed by atoms with van der Waals surface area (Å²) in [5.41, 5.74) is 0. The van der Waals surface area contributed by atoms with E-state index in [1.807, 2.05) is 0 Å². The summed E-state index contributed by atoms with van der Waals surface area (Å²) in [5.74, 6) is 2.05. The monoisotopic (exact) mass is 138 g/mol. The van der Waals surface area contributed by atoms with Crippen molar-refractivity contribution in [3.63, 3.8) is 0 Å². The van der Waals surface area contributed by atoms with E-state index in [1.54, 1.807) is 0 Å². The van der Waals surface area contributed by atoms with Crippen LogP contribution in [-0.2, 0) is 4.74 Å². The largest absolute Gasteiger partial charge is 0.369 e. The van der Waals surface area contributed by atoms with E-state index in [1.165, 1.54) is 32.1 Å². The quantitative estimate of drug-likeness (QED) is 0.466. The second-order valence-corrected chi connectivity index (χ2v) is 4.08. The van der Waals surface area contributed by atoms with Gasteiger partial charge in [0.2, 0.25) is 0 Å². The van der Waals surface area contributed by atoms with Crippen LogP contribution in [0.25, 0.3) is 0 Å². The standard InChI is InChI=1S/C9H14O/c1-2-4-7-6(3-1)5-8-9(7)10-8/h6-9H,1-5H2. The molecule has 0 spiro atoms. The summed E-state index contributed by atoms with van der Waals surface area (Å²) < 4.78 is 5.52. The molecule has 56 valence electrons. The molecule has 2 saturated carbocycles. The highest BCUT2D eigenvalue weighted by atomic mass is 16.6. The van der Waals surface area contributed by atoms with Crippen LogP contribution in [0, 0.1) is 11.8 Å². The topological polar surface area (TPSA) is 12.5 Å². The molecule has 1 saturated heterocycles. The van der Waals surface area contributed by atoms with Gasteiger partial charge < -0.3 is 4.74 Å². The van der Waals surface area contributed by atoms with Gasteiger partial charge in [0, 0.05) is 0 Å². The van der Waals surface area contributed by atoms with Crippen LogP contribution in [-0.4, -0.2) is 12.2 Å². The summed E-state index contributed by atoms with van der Waals surface area (Å²) in [6.45, 7) is 0. The molecule has 0 aromatic carbocycles. The average molecular weight is 138 g/mol. The smallest absolute Gasteiger partial charge is 0.0872 e. The lowest BCUT2D eigenvalue weighted by Crippen LogP contribution is -2.19. The average Bonchev–Trinajstić information content (AvgIpc) is 2.64. The number of rotatable bonds is 0. The van der Waals surface area contributed by atoms with Crippen molar-refractivity contribution in [3.8, 4) is 0 Å². The van der Waals surface area contributed by atoms with Gasteiger partial charge in [-0.25, -0.2) is 0 Å². The minimum absolute atomic E-state index is 0.716. The summed E-state index contributed by atoms with van der Waals surface area (Å²) in [6.07, 6.45) is 8.76. The molecule has 1 heterocycles. The van der Waals surface area contributed by atoms with E-state index in [0.717, 1.165) is 17.9 Å². The Morgan fingerprint density at radius 2 is 2.00 bits per heavy atom. The number of fused-ring (bicyclic) bond motifs is 3. The minimum Gasteiger partial charge on any atom is -0.369 e. The Labute approximate surface area is 61.8 Å². The summed E-state index contributed by atoms with van der Waals surface area (Å²) >= 11 is 0. The molecule has 3 fully saturated rings. The van der Waals surface area contributed by atoms with Crippen LogP contribution in [0.2, 0.25) is 0 Å². The molecule has 1 heteroatoms. The van der Waals surface area contributed by atoms with E-state index in [0.29, 0.717) is 6.10 Å². The van der Waals surface area contributed by atoms with E-state index < -0.39 is 0 Å². The zero-order valence-corrected chi connectivity index (χ0v) is 6.25. The highest BCUT2D eigenvalue weighted by Gasteiger charge is 2.55. The molecule has 4 atom stereocenters. The number of ether oxygens (including phenoxy) is 1. The lowest BCUT2D eigenvalue weighted by Gasteiger charge is -2.26. The highest BCUT2D eigenvalue weighted by molar-refractivity contribution is 5.03. The van der Waals surface area contributed by atoms with Gasteiger partial charge in [-0.3, -0.25) is 0 Å². The van der Waals surface area contributed by atoms with Crippen LogP contribution in [0.5, 0.6) is 0 Å². The Morgan fingerprint density at radius 1 is 1.10 bits per heavy atom. The maximum absolute atomic E-state index is 5.52. The van der Waals surface area contributed by atoms with Crippen molar-refractivity contribution in [3.05, 3.63) is 0 Å². The predicted octanol–water partition coefficient (Wildman–Crippen LogP) is 1.96. The van der Waals surface area contributed by atoms with Crippen LogP contribution in [0.15, 0.2) is 0 Å². The Hall–Kier alpha value is -0.0400. The highest BCUT2D eigenvalue weighted by Crippen LogP contribution is 2.52. The van der Waals surface area contributed by atoms with Crippen molar-refractivity contribution >= 4 is 0 Å². The molecule has 0 aromatic rings. The molecule has 4 unspecified atom stereocenters. The molecule has 0 amide bonds. The first-order chi connectivity index (χ1) is 4.95. The Balaban J connectivity index is 1.80. The molecule has 3 rings (SSSR count). The second kappa shape index (κ2) is 1.76. The van der Waals surface area contributed by atoms with Gasteiger partial charge in [0.05, 0.1) is 12.2 Å². The zero-order chi connectivity index (χ0) is 6.55. The van der Waals surface area contributed by atoms with Gasteiger partial charge in [0.1, 0.15) is 0 Å². The Bertz CT molecular complexity index is 155. The molecule has 1 aliphatic heterocycles. The van der Waals surface area contributed by atoms with E-state index in [-0.39, 0.29) is 0 Å². The van der Waals surface area contributed by atoms with Crippen molar-refractivity contribution in [2.24, 2.45) is 11.8 Å². The van der Waals surface area contributed by atoms with Crippen molar-refractivity contribution < 1.29 is 4.74 Å². The fourth-order valence-corrected chi connectivity index (χ4v) is 2.98. The third-order valence-corrected chi connectivity index (χ3v) is 3.55. The molecular weight excluding hydrogens is 124 g/mol. The van der Waals surface area contributed by atoms with Crippen LogP contribution >= 0.6 is 0 Å². The van der Waals surface area contributed by atoms with Crippen molar-refractivity contribution in [2.75, 3.05) is 0 Å². The third-order valence-electron chi connectivity index (χ3n) is 3.55. The summed E-state index contributed by atoms with van der Waals surface area (Å²) in [6, 6.07) is 0. The van der Waals surface area contributed by atoms with Gasteiger partial charge in [-0.1, -0.05) is 12.8 Å². The SMILES string of the molecule is C1CCC2C(C1)CC1OC12. The first kappa shape index (κ1) is 5.59. The molecule has 10 heavy (non-hydrogen) atoms. The molecule has 0 aromatic heterocycles. The number of hydrogen-bond donors (Lipinski definition) is 0. The molecule has 0 N–H and O–H groups in total. The van der Waals surface area contributed by atoms with Crippen LogP contribution in [0.1, 0.15) is 32.1 Å². The third kappa shape index (κ3) is 0.619. The lowest BCUT2D eigenvalue weighted by atomic mass is 9.81. The molecule has 0 bridgehead atoms. The van der Waals surface area contributed by atoms with Gasteiger partial charge in [-0.05, 0) is 31.1 Å². The summed E-state index contributed by atoms with van der Waals surface area (Å²) in [7, 11) is 0. The van der Waals surface area contributed by atoms with E-state index >= 15 is 0 Å². The van der Waals surface area contributed by atoms with Crippen LogP contribution < -0.4 is 0 Å². The summed E-state index contributed by atoms with van der Waals surface area (Å²) in [4.78, 5) is 0. The van der Waals surface area contributed by atoms with Crippen molar-refractivity contribution in [2.45, 2.75) is 44.3 Å². The second-order valence-electron chi connectivity index (χ2n) is 4.08. The maximum atomic E-state index is 5.52. The molecule has 3 aliphatic rings. The number of hydrogen-bond acceptors (Lipinski definition) is 1. The normalized spacial score (nSPS) is 57.6. The Morgan fingerprint density at radius 3 is 2.90 bits per heavy atom. The van der Waals surface area contributed by atoms with Gasteiger partial charge in [-0.2, -0.15) is 0 Å². The van der Waals surface area contributed by atoms with E-state index in [2.05, 4.69) is 0 Å². The predicted molar refractivity (Wildman–Crippen MR) is 38.7 cm³/mol. The van der Waals surface area contributed by atoms with Crippen molar-refractivity contribution in [1.29, 1.82) is 0 Å². The first-order valence-electron chi connectivity index (χ1n) is 4.60. The fraction of sp³-hybridized carbons (Fsp3) is 1.00. The first-order valence-corrected chi connectivity index (χ1v) is 4.60. The van der Waals surface area contributed by atoms with Gasteiger partial charge in [0.25, 0.3) is 0 Å². The van der Waals surface area contributed by atoms with Crippen molar-refractivity contribution in [1.82, 2.24) is 0 Å². The van der Waals surface area contributed by atoms with Gasteiger partial charge in [0.15, 0.2) is 0 Å². The van der Waals surface area contributed by atoms with Crippen LogP contribution in [0.3, 0.4) is 0 Å². The zero-order valence-electron chi connectivity index (χ0n) is 6.25. The van der Waals surface area contributed by atoms with Gasteiger partial charge in [-0.15, -0.1) is 0 Å². The van der Waals surface area contributed by atoms with Gasteiger partial charge >= 0.3 is 0 Å². The Kier molecular flexibility index (Phi) is 0.984. The lowest BCUT2D eigenvalue weighted by molar-refractivity contribution is 0.157. The summed E-state index contributed by atoms with van der Waals surface area (Å²) in [5, 5.41) is 0. The fourth-order valence-electron chi connectivity index (χ4n) is 2.98. The van der Waals surface area contributed by atoms with E-state index in [4.69, 9.17) is 4.74 Å². The maximum Gasteiger partial charge on any atom is 0.0872 e. The number of epoxide rings is 1.